The van der Waals surface area contributed by atoms with Crippen molar-refractivity contribution in [2.75, 3.05) is 6.61 Å². The second-order valence-electron chi connectivity index (χ2n) is 3.02. The van der Waals surface area contributed by atoms with E-state index in [0.717, 1.165) is 11.3 Å². The fraction of sp³-hybridized carbons (Fsp3) is 0.444. The monoisotopic (exact) mass is 182 g/mol. The van der Waals surface area contributed by atoms with Gasteiger partial charge in [-0.15, -0.1) is 0 Å². The predicted molar refractivity (Wildman–Crippen MR) is 50.4 cm³/mol. The van der Waals surface area contributed by atoms with Gasteiger partial charge in [0.1, 0.15) is 0 Å². The average Bonchev–Trinajstić information content (AvgIpc) is 2.04. The summed E-state index contributed by atoms with van der Waals surface area (Å²) in [6.45, 7) is 1.85. The molecule has 0 aliphatic carbocycles. The van der Waals surface area contributed by atoms with Crippen molar-refractivity contribution in [3.63, 3.8) is 0 Å². The summed E-state index contributed by atoms with van der Waals surface area (Å²) < 4.78 is 0. The van der Waals surface area contributed by atoms with Gasteiger partial charge in [-0.2, -0.15) is 0 Å². The molecule has 4 N–H and O–H groups in total. The van der Waals surface area contributed by atoms with Gasteiger partial charge in [-0.1, -0.05) is 6.07 Å². The van der Waals surface area contributed by atoms with Crippen LogP contribution < -0.4 is 11.3 Å². The highest BCUT2D eigenvalue weighted by molar-refractivity contribution is 5.21. The smallest absolute Gasteiger partial charge is 0.248 e. The number of nitrogens with two attached hydrogens (primary N) is 1. The summed E-state index contributed by atoms with van der Waals surface area (Å²) in [5, 5.41) is 8.69. The molecule has 1 rings (SSSR count). The van der Waals surface area contributed by atoms with Crippen LogP contribution in [0.1, 0.15) is 23.7 Å². The van der Waals surface area contributed by atoms with Gasteiger partial charge in [0.2, 0.25) is 5.56 Å². The van der Waals surface area contributed by atoms with Gasteiger partial charge in [0, 0.05) is 24.4 Å². The predicted octanol–water partition coefficient (Wildman–Crippen LogP) is 0.0655. The molecule has 0 bridgehead atoms. The Balaban J connectivity index is 2.94. The molecule has 0 fully saturated rings. The van der Waals surface area contributed by atoms with Crippen LogP contribution in [0, 0.1) is 6.92 Å². The molecule has 4 nitrogen and oxygen atoms in total. The lowest BCUT2D eigenvalue weighted by atomic mass is 10.0. The standard InChI is InChI=1S/C9H14N2O2/c1-6-7(8(10)4-5-12)2-3-9(13)11-6/h2-3,8,12H,4-5,10H2,1H3,(H,11,13)/t8-/m0/s1. The maximum Gasteiger partial charge on any atom is 0.248 e. The summed E-state index contributed by atoms with van der Waals surface area (Å²) in [6, 6.07) is 2.94. The molecule has 1 aromatic heterocycles. The number of rotatable bonds is 3. The van der Waals surface area contributed by atoms with Gasteiger partial charge in [-0.3, -0.25) is 4.79 Å². The third-order valence-corrected chi connectivity index (χ3v) is 2.00. The van der Waals surface area contributed by atoms with Gasteiger partial charge in [-0.25, -0.2) is 0 Å². The lowest BCUT2D eigenvalue weighted by Crippen LogP contribution is -2.17. The van der Waals surface area contributed by atoms with Gasteiger partial charge < -0.3 is 15.8 Å². The van der Waals surface area contributed by atoms with Crippen LogP contribution in [0.4, 0.5) is 0 Å². The Morgan fingerprint density at radius 3 is 2.85 bits per heavy atom. The first-order valence-corrected chi connectivity index (χ1v) is 4.21. The van der Waals surface area contributed by atoms with E-state index in [-0.39, 0.29) is 18.2 Å². The third kappa shape index (κ3) is 2.40. The van der Waals surface area contributed by atoms with Crippen molar-refractivity contribution in [2.24, 2.45) is 5.73 Å². The summed E-state index contributed by atoms with van der Waals surface area (Å²) in [4.78, 5) is 13.5. The van der Waals surface area contributed by atoms with E-state index < -0.39 is 0 Å². The van der Waals surface area contributed by atoms with Crippen molar-refractivity contribution < 1.29 is 5.11 Å². The third-order valence-electron chi connectivity index (χ3n) is 2.00. The second-order valence-corrected chi connectivity index (χ2v) is 3.02. The van der Waals surface area contributed by atoms with Crippen molar-refractivity contribution in [2.45, 2.75) is 19.4 Å². The molecular weight excluding hydrogens is 168 g/mol. The van der Waals surface area contributed by atoms with Crippen LogP contribution in [0.15, 0.2) is 16.9 Å². The van der Waals surface area contributed by atoms with Crippen LogP contribution in [-0.4, -0.2) is 16.7 Å². The molecule has 72 valence electrons. The van der Waals surface area contributed by atoms with Gasteiger partial charge in [0.15, 0.2) is 0 Å². The Hall–Kier alpha value is -1.13. The Kier molecular flexibility index (Phi) is 3.22. The van der Waals surface area contributed by atoms with E-state index in [1.807, 2.05) is 0 Å². The number of aliphatic hydroxyl groups excluding tert-OH is 1. The molecule has 1 atom stereocenters. The minimum atomic E-state index is -0.207. The molecule has 0 aliphatic heterocycles. The van der Waals surface area contributed by atoms with E-state index in [4.69, 9.17) is 10.8 Å². The van der Waals surface area contributed by atoms with E-state index in [0.29, 0.717) is 6.42 Å². The van der Waals surface area contributed by atoms with Gasteiger partial charge >= 0.3 is 0 Å². The average molecular weight is 182 g/mol. The molecule has 4 heteroatoms. The summed E-state index contributed by atoms with van der Waals surface area (Å²) in [6.07, 6.45) is 0.507. The van der Waals surface area contributed by atoms with Crippen LogP contribution in [-0.2, 0) is 0 Å². The molecule has 13 heavy (non-hydrogen) atoms. The van der Waals surface area contributed by atoms with E-state index >= 15 is 0 Å². The fourth-order valence-electron chi connectivity index (χ4n) is 1.29. The summed E-state index contributed by atoms with van der Waals surface area (Å²) in [5.41, 5.74) is 7.30. The van der Waals surface area contributed by atoms with Crippen molar-refractivity contribution in [3.8, 4) is 0 Å². The highest BCUT2D eigenvalue weighted by Gasteiger charge is 2.07. The number of aromatic amines is 1. The van der Waals surface area contributed by atoms with Gasteiger partial charge in [0.05, 0.1) is 0 Å². The minimum absolute atomic E-state index is 0.0553. The Labute approximate surface area is 76.4 Å². The Morgan fingerprint density at radius 1 is 1.62 bits per heavy atom. The van der Waals surface area contributed by atoms with Crippen LogP contribution in [0.3, 0.4) is 0 Å². The molecule has 0 aliphatic rings. The molecular formula is C9H14N2O2. The molecule has 0 saturated carbocycles. The lowest BCUT2D eigenvalue weighted by Gasteiger charge is -2.12. The van der Waals surface area contributed by atoms with E-state index in [1.54, 1.807) is 13.0 Å². The largest absolute Gasteiger partial charge is 0.396 e. The summed E-state index contributed by atoms with van der Waals surface area (Å²) in [7, 11) is 0. The zero-order valence-electron chi connectivity index (χ0n) is 7.58. The molecule has 1 heterocycles. The van der Waals surface area contributed by atoms with Crippen LogP contribution in [0.25, 0.3) is 0 Å². The quantitative estimate of drug-likeness (QED) is 0.618. The van der Waals surface area contributed by atoms with E-state index in [9.17, 15) is 4.79 Å². The Bertz CT molecular complexity index is 333. The number of hydrogen-bond donors (Lipinski definition) is 3. The number of aromatic nitrogens is 1. The number of H-pyrrole nitrogens is 1. The fourth-order valence-corrected chi connectivity index (χ4v) is 1.29. The maximum absolute atomic E-state index is 10.9. The van der Waals surface area contributed by atoms with Crippen LogP contribution in [0.2, 0.25) is 0 Å². The van der Waals surface area contributed by atoms with E-state index in [2.05, 4.69) is 4.98 Å². The van der Waals surface area contributed by atoms with Crippen molar-refractivity contribution in [1.29, 1.82) is 0 Å². The Morgan fingerprint density at radius 2 is 2.31 bits per heavy atom. The SMILES string of the molecule is Cc1[nH]c(=O)ccc1[C@@H](N)CCO. The van der Waals surface area contributed by atoms with Crippen molar-refractivity contribution >= 4 is 0 Å². The van der Waals surface area contributed by atoms with Gasteiger partial charge in [-0.05, 0) is 18.9 Å². The van der Waals surface area contributed by atoms with Crippen molar-refractivity contribution in [3.05, 3.63) is 33.7 Å². The molecule has 0 amide bonds. The first kappa shape index (κ1) is 9.95. The van der Waals surface area contributed by atoms with Crippen LogP contribution >= 0.6 is 0 Å². The maximum atomic E-state index is 10.9. The number of hydrogen-bond acceptors (Lipinski definition) is 3. The number of aryl methyl sites for hydroxylation is 1. The topological polar surface area (TPSA) is 79.1 Å². The highest BCUT2D eigenvalue weighted by atomic mass is 16.3. The first-order chi connectivity index (χ1) is 6.15. The first-order valence-electron chi connectivity index (χ1n) is 4.21. The zero-order chi connectivity index (χ0) is 9.84. The number of pyridine rings is 1. The summed E-state index contributed by atoms with van der Waals surface area (Å²) in [5.74, 6) is 0. The molecule has 0 radical (unpaired) electrons. The minimum Gasteiger partial charge on any atom is -0.396 e. The van der Waals surface area contributed by atoms with E-state index in [1.165, 1.54) is 6.07 Å². The molecule has 1 aromatic rings. The van der Waals surface area contributed by atoms with Gasteiger partial charge in [0.25, 0.3) is 0 Å². The molecule has 0 unspecified atom stereocenters. The lowest BCUT2D eigenvalue weighted by molar-refractivity contribution is 0.276. The number of nitrogens with one attached hydrogen (secondary N) is 1. The van der Waals surface area contributed by atoms with Crippen LogP contribution in [0.5, 0.6) is 0 Å². The second kappa shape index (κ2) is 4.20. The normalized spacial score (nSPS) is 12.8. The molecule has 0 saturated heterocycles. The zero-order valence-corrected chi connectivity index (χ0v) is 7.58. The molecule has 0 aromatic carbocycles. The highest BCUT2D eigenvalue weighted by Crippen LogP contribution is 2.14. The summed E-state index contributed by atoms with van der Waals surface area (Å²) >= 11 is 0. The molecule has 0 spiro atoms. The number of aliphatic hydroxyl groups is 1. The van der Waals surface area contributed by atoms with Crippen molar-refractivity contribution in [1.82, 2.24) is 4.98 Å².